The number of hydrogen-bond acceptors (Lipinski definition) is 5. The zero-order chi connectivity index (χ0) is 22.9. The van der Waals surface area contributed by atoms with Crippen LogP contribution in [-0.2, 0) is 11.2 Å². The van der Waals surface area contributed by atoms with Gasteiger partial charge in [-0.2, -0.15) is 5.10 Å². The summed E-state index contributed by atoms with van der Waals surface area (Å²) in [7, 11) is 1.62. The average Bonchev–Trinajstić information content (AvgIpc) is 3.47. The quantitative estimate of drug-likeness (QED) is 0.370. The molecule has 0 aliphatic rings. The first-order chi connectivity index (χ1) is 16.1. The van der Waals surface area contributed by atoms with Crippen LogP contribution in [0.1, 0.15) is 29.4 Å². The molecule has 0 saturated carbocycles. The van der Waals surface area contributed by atoms with Crippen LogP contribution in [0.3, 0.4) is 0 Å². The number of fused-ring (bicyclic) bond motifs is 2. The molecule has 0 atom stereocenters. The van der Waals surface area contributed by atoms with Crippen molar-refractivity contribution in [2.24, 2.45) is 0 Å². The number of Topliss-reactive ketones (excluding diaryl/α,β-unsaturated/α-hetero) is 1. The van der Waals surface area contributed by atoms with E-state index in [9.17, 15) is 9.59 Å². The van der Waals surface area contributed by atoms with Crippen molar-refractivity contribution in [3.63, 3.8) is 0 Å². The summed E-state index contributed by atoms with van der Waals surface area (Å²) in [4.78, 5) is 36.3. The molecule has 0 aliphatic heterocycles. The summed E-state index contributed by atoms with van der Waals surface area (Å²) in [5.74, 6) is 0.0282. The van der Waals surface area contributed by atoms with E-state index in [0.717, 1.165) is 44.5 Å². The smallest absolute Gasteiger partial charge is 0.251 e. The molecule has 0 fully saturated rings. The molecular weight excluding hydrogens is 416 g/mol. The molecule has 1 amide bonds. The first-order valence-corrected chi connectivity index (χ1v) is 10.7. The van der Waals surface area contributed by atoms with Gasteiger partial charge in [0.25, 0.3) is 5.91 Å². The molecule has 4 aromatic heterocycles. The highest BCUT2D eigenvalue weighted by molar-refractivity contribution is 6.08. The largest absolute Gasteiger partial charge is 0.355 e. The fourth-order valence-electron chi connectivity index (χ4n) is 3.91. The minimum absolute atomic E-state index is 0.138. The molecule has 3 N–H and O–H groups in total. The lowest BCUT2D eigenvalue weighted by Crippen LogP contribution is -2.17. The average molecular weight is 438 g/mol. The number of H-pyrrole nitrogens is 2. The second-order valence-electron chi connectivity index (χ2n) is 7.83. The van der Waals surface area contributed by atoms with Gasteiger partial charge in [0.1, 0.15) is 5.78 Å². The molecule has 0 radical (unpaired) electrons. The number of carbonyl (C=O) groups excluding carboxylic acids is 2. The molecule has 0 saturated heterocycles. The Morgan fingerprint density at radius 3 is 2.61 bits per heavy atom. The van der Waals surface area contributed by atoms with Gasteiger partial charge in [-0.1, -0.05) is 19.1 Å². The minimum Gasteiger partial charge on any atom is -0.355 e. The van der Waals surface area contributed by atoms with Gasteiger partial charge in [-0.25, -0.2) is 4.98 Å². The Hall–Kier alpha value is -4.33. The van der Waals surface area contributed by atoms with Crippen LogP contribution in [0.25, 0.3) is 44.5 Å². The molecule has 8 nitrogen and oxygen atoms in total. The molecule has 0 aliphatic carbocycles. The first-order valence-electron chi connectivity index (χ1n) is 10.7. The van der Waals surface area contributed by atoms with Crippen LogP contribution in [0.15, 0.2) is 54.9 Å². The maximum atomic E-state index is 12.3. The van der Waals surface area contributed by atoms with Gasteiger partial charge >= 0.3 is 0 Å². The van der Waals surface area contributed by atoms with E-state index in [1.54, 1.807) is 25.5 Å². The predicted molar refractivity (Wildman–Crippen MR) is 127 cm³/mol. The molecule has 5 aromatic rings. The topological polar surface area (TPSA) is 116 Å². The highest BCUT2D eigenvalue weighted by Gasteiger charge is 2.16. The second kappa shape index (κ2) is 8.31. The number of nitrogens with one attached hydrogen (secondary N) is 3. The fourth-order valence-corrected chi connectivity index (χ4v) is 3.91. The Morgan fingerprint density at radius 2 is 1.85 bits per heavy atom. The van der Waals surface area contributed by atoms with E-state index in [1.165, 1.54) is 0 Å². The van der Waals surface area contributed by atoms with Crippen LogP contribution in [0.2, 0.25) is 0 Å². The van der Waals surface area contributed by atoms with Gasteiger partial charge in [0, 0.05) is 71.0 Å². The minimum atomic E-state index is -0.138. The summed E-state index contributed by atoms with van der Waals surface area (Å²) in [6.45, 7) is 1.85. The van der Waals surface area contributed by atoms with E-state index in [2.05, 4.69) is 30.5 Å². The number of hydrogen-bond donors (Lipinski definition) is 3. The zero-order valence-electron chi connectivity index (χ0n) is 18.3. The number of amides is 1. The van der Waals surface area contributed by atoms with E-state index in [4.69, 9.17) is 0 Å². The van der Waals surface area contributed by atoms with E-state index in [1.807, 2.05) is 43.3 Å². The Balaban J connectivity index is 1.54. The lowest BCUT2D eigenvalue weighted by atomic mass is 10.1. The van der Waals surface area contributed by atoms with Crippen LogP contribution >= 0.6 is 0 Å². The van der Waals surface area contributed by atoms with Crippen LogP contribution in [0.4, 0.5) is 0 Å². The zero-order valence-corrected chi connectivity index (χ0v) is 18.3. The molecule has 4 heterocycles. The summed E-state index contributed by atoms with van der Waals surface area (Å²) in [5, 5.41) is 11.8. The fraction of sp³-hybridized carbons (Fsp3) is 0.160. The number of benzene rings is 1. The van der Waals surface area contributed by atoms with Gasteiger partial charge in [-0.3, -0.25) is 19.7 Å². The van der Waals surface area contributed by atoms with Crippen molar-refractivity contribution < 1.29 is 9.59 Å². The summed E-state index contributed by atoms with van der Waals surface area (Å²) < 4.78 is 0. The lowest BCUT2D eigenvalue weighted by molar-refractivity contribution is -0.118. The van der Waals surface area contributed by atoms with Crippen molar-refractivity contribution in [3.8, 4) is 22.5 Å². The van der Waals surface area contributed by atoms with Gasteiger partial charge in [0.2, 0.25) is 0 Å². The van der Waals surface area contributed by atoms with Crippen LogP contribution < -0.4 is 5.32 Å². The Morgan fingerprint density at radius 1 is 1.00 bits per heavy atom. The van der Waals surface area contributed by atoms with Crippen molar-refractivity contribution in [2.45, 2.75) is 19.8 Å². The van der Waals surface area contributed by atoms with Crippen molar-refractivity contribution in [2.75, 3.05) is 7.05 Å². The predicted octanol–water partition coefficient (Wildman–Crippen LogP) is 4.05. The number of aromatic amines is 2. The third-order valence-electron chi connectivity index (χ3n) is 5.75. The summed E-state index contributed by atoms with van der Waals surface area (Å²) in [6, 6.07) is 13.4. The number of aromatic nitrogens is 5. The van der Waals surface area contributed by atoms with Crippen LogP contribution in [0, 0.1) is 0 Å². The molecule has 5 rings (SSSR count). The number of nitrogens with zero attached hydrogens (tertiary/aromatic N) is 3. The maximum absolute atomic E-state index is 12.3. The molecule has 164 valence electrons. The van der Waals surface area contributed by atoms with Gasteiger partial charge in [0.05, 0.1) is 11.4 Å². The molecule has 1 aromatic carbocycles. The van der Waals surface area contributed by atoms with Crippen LogP contribution in [-0.4, -0.2) is 43.9 Å². The molecule has 0 bridgehead atoms. The SMILES string of the molecule is CCC(=O)Cc1ccc(-c2cnc3n[nH]c(-c4cc5c(C(=O)NC)cccc5[nH]4)c3c2)cn1. The van der Waals surface area contributed by atoms with Crippen molar-refractivity contribution in [1.29, 1.82) is 0 Å². The molecule has 33 heavy (non-hydrogen) atoms. The number of pyridine rings is 2. The van der Waals surface area contributed by atoms with Crippen molar-refractivity contribution >= 4 is 33.6 Å². The van der Waals surface area contributed by atoms with E-state index < -0.39 is 0 Å². The molecule has 0 spiro atoms. The van der Waals surface area contributed by atoms with Gasteiger partial charge in [-0.05, 0) is 30.3 Å². The van der Waals surface area contributed by atoms with Crippen LogP contribution in [0.5, 0.6) is 0 Å². The molecule has 0 unspecified atom stereocenters. The second-order valence-corrected chi connectivity index (χ2v) is 7.83. The number of rotatable bonds is 6. The maximum Gasteiger partial charge on any atom is 0.251 e. The Bertz CT molecular complexity index is 1500. The highest BCUT2D eigenvalue weighted by atomic mass is 16.1. The summed E-state index contributed by atoms with van der Waals surface area (Å²) >= 11 is 0. The lowest BCUT2D eigenvalue weighted by Gasteiger charge is -2.04. The number of carbonyl (C=O) groups is 2. The van der Waals surface area contributed by atoms with Crippen molar-refractivity contribution in [3.05, 3.63) is 66.1 Å². The Kier molecular flexibility index (Phi) is 5.18. The third kappa shape index (κ3) is 3.76. The third-order valence-corrected chi connectivity index (χ3v) is 5.75. The molecular formula is C25H22N6O2. The Labute approximate surface area is 189 Å². The van der Waals surface area contributed by atoms with Crippen molar-refractivity contribution in [1.82, 2.24) is 30.5 Å². The van der Waals surface area contributed by atoms with Gasteiger partial charge < -0.3 is 10.3 Å². The number of ketones is 1. The monoisotopic (exact) mass is 438 g/mol. The van der Waals surface area contributed by atoms with Gasteiger partial charge in [-0.15, -0.1) is 0 Å². The van der Waals surface area contributed by atoms with E-state index in [-0.39, 0.29) is 11.7 Å². The first kappa shape index (κ1) is 20.6. The summed E-state index contributed by atoms with van der Waals surface area (Å²) in [5.41, 5.74) is 6.22. The summed E-state index contributed by atoms with van der Waals surface area (Å²) in [6.07, 6.45) is 4.37. The van der Waals surface area contributed by atoms with E-state index in [0.29, 0.717) is 24.1 Å². The highest BCUT2D eigenvalue weighted by Crippen LogP contribution is 2.31. The van der Waals surface area contributed by atoms with Gasteiger partial charge in [0.15, 0.2) is 5.65 Å². The standard InChI is InChI=1S/C25H22N6O2/c1-3-17(32)10-16-8-7-14(12-27-16)15-9-20-23(30-31-24(20)28-13-15)22-11-19-18(25(33)26-2)5-4-6-21(19)29-22/h4-9,11-13,29H,3,10H2,1-2H3,(H,26,33)(H,28,30,31). The normalized spacial score (nSPS) is 11.2. The molecule has 8 heteroatoms. The van der Waals surface area contributed by atoms with E-state index >= 15 is 0 Å².